The number of nitrogens with zero attached hydrogens (tertiary/aromatic N) is 1. The van der Waals surface area contributed by atoms with Crippen LogP contribution in [-0.4, -0.2) is 4.98 Å². The fraction of sp³-hybridized carbons (Fsp3) is 0.105. The molecule has 0 saturated heterocycles. The maximum atomic E-state index is 13.0. The topological polar surface area (TPSA) is 12.9 Å². The van der Waals surface area contributed by atoms with E-state index in [9.17, 15) is 13.2 Å². The molecule has 0 saturated carbocycles. The van der Waals surface area contributed by atoms with Crippen molar-refractivity contribution in [1.29, 1.82) is 0 Å². The van der Waals surface area contributed by atoms with E-state index in [0.29, 0.717) is 11.3 Å². The summed E-state index contributed by atoms with van der Waals surface area (Å²) >= 11 is 0. The van der Waals surface area contributed by atoms with Crippen molar-refractivity contribution in [2.75, 3.05) is 0 Å². The van der Waals surface area contributed by atoms with E-state index in [-0.39, 0.29) is 0 Å². The number of hydrogen-bond donors (Lipinski definition) is 0. The van der Waals surface area contributed by atoms with Crippen molar-refractivity contribution in [1.82, 2.24) is 4.98 Å². The number of rotatable bonds is 2. The largest absolute Gasteiger partial charge is 0.416 e. The highest BCUT2D eigenvalue weighted by Gasteiger charge is 2.30. The second-order valence-corrected chi connectivity index (χ2v) is 5.26. The van der Waals surface area contributed by atoms with Gasteiger partial charge >= 0.3 is 6.18 Å². The lowest BCUT2D eigenvalue weighted by molar-refractivity contribution is -0.137. The third kappa shape index (κ3) is 3.11. The van der Waals surface area contributed by atoms with Crippen LogP contribution in [0, 0.1) is 6.92 Å². The molecule has 23 heavy (non-hydrogen) atoms. The molecule has 0 unspecified atom stereocenters. The van der Waals surface area contributed by atoms with E-state index < -0.39 is 11.7 Å². The maximum Gasteiger partial charge on any atom is 0.416 e. The molecule has 0 fully saturated rings. The van der Waals surface area contributed by atoms with E-state index in [1.54, 1.807) is 12.3 Å². The number of aromatic nitrogens is 1. The first-order chi connectivity index (χ1) is 11.0. The van der Waals surface area contributed by atoms with Crippen LogP contribution in [0.5, 0.6) is 0 Å². The monoisotopic (exact) mass is 313 g/mol. The summed E-state index contributed by atoms with van der Waals surface area (Å²) in [6.45, 7) is 1.81. The smallest absolute Gasteiger partial charge is 0.261 e. The Labute approximate surface area is 132 Å². The molecule has 0 atom stereocenters. The van der Waals surface area contributed by atoms with Gasteiger partial charge in [0.1, 0.15) is 0 Å². The highest BCUT2D eigenvalue weighted by molar-refractivity contribution is 5.84. The van der Waals surface area contributed by atoms with Gasteiger partial charge in [-0.25, -0.2) is 0 Å². The molecule has 1 aromatic heterocycles. The molecule has 2 aromatic carbocycles. The number of alkyl halides is 3. The normalized spacial score (nSPS) is 11.5. The zero-order valence-corrected chi connectivity index (χ0v) is 12.4. The van der Waals surface area contributed by atoms with E-state index in [1.807, 2.05) is 43.3 Å². The van der Waals surface area contributed by atoms with Crippen molar-refractivity contribution in [3.8, 4) is 22.3 Å². The predicted octanol–water partition coefficient (Wildman–Crippen LogP) is 5.74. The lowest BCUT2D eigenvalue weighted by atomic mass is 9.93. The molecule has 0 bridgehead atoms. The van der Waals surface area contributed by atoms with Gasteiger partial charge in [0.05, 0.1) is 5.56 Å². The van der Waals surface area contributed by atoms with E-state index in [4.69, 9.17) is 0 Å². The van der Waals surface area contributed by atoms with Gasteiger partial charge in [0.15, 0.2) is 0 Å². The Morgan fingerprint density at radius 2 is 1.52 bits per heavy atom. The lowest BCUT2D eigenvalue weighted by Gasteiger charge is -2.14. The summed E-state index contributed by atoms with van der Waals surface area (Å²) in [6.07, 6.45) is -2.69. The minimum absolute atomic E-state index is 0.518. The first-order valence-corrected chi connectivity index (χ1v) is 7.15. The second kappa shape index (κ2) is 5.88. The average molecular weight is 313 g/mol. The molecule has 0 aliphatic rings. The fourth-order valence-corrected chi connectivity index (χ4v) is 2.64. The summed E-state index contributed by atoms with van der Waals surface area (Å²) in [5.41, 5.74) is 3.11. The average Bonchev–Trinajstić information content (AvgIpc) is 2.55. The molecular formula is C19H14F3N. The SMILES string of the molecule is Cc1nccc(-c2ccccc2)c1-c1cccc(C(F)(F)F)c1. The highest BCUT2D eigenvalue weighted by atomic mass is 19.4. The zero-order chi connectivity index (χ0) is 16.4. The minimum atomic E-state index is -4.36. The quantitative estimate of drug-likeness (QED) is 0.587. The molecule has 0 spiro atoms. The van der Waals surface area contributed by atoms with Crippen LogP contribution in [0.15, 0.2) is 66.9 Å². The Bertz CT molecular complexity index is 824. The fourth-order valence-electron chi connectivity index (χ4n) is 2.64. The molecular weight excluding hydrogens is 299 g/mol. The third-order valence-corrected chi connectivity index (χ3v) is 3.70. The molecule has 3 aromatic rings. The summed E-state index contributed by atoms with van der Waals surface area (Å²) in [4.78, 5) is 4.25. The third-order valence-electron chi connectivity index (χ3n) is 3.70. The Balaban J connectivity index is 2.21. The molecule has 0 aliphatic heterocycles. The van der Waals surface area contributed by atoms with Crippen LogP contribution in [0.25, 0.3) is 22.3 Å². The van der Waals surface area contributed by atoms with Crippen molar-refractivity contribution in [2.24, 2.45) is 0 Å². The number of hydrogen-bond acceptors (Lipinski definition) is 1. The summed E-state index contributed by atoms with van der Waals surface area (Å²) in [5, 5.41) is 0. The molecule has 3 rings (SSSR count). The van der Waals surface area contributed by atoms with Crippen molar-refractivity contribution >= 4 is 0 Å². The van der Waals surface area contributed by atoms with Crippen LogP contribution in [0.2, 0.25) is 0 Å². The van der Waals surface area contributed by atoms with Crippen LogP contribution in [0.3, 0.4) is 0 Å². The summed E-state index contributed by atoms with van der Waals surface area (Å²) in [6, 6.07) is 16.8. The van der Waals surface area contributed by atoms with E-state index in [2.05, 4.69) is 4.98 Å². The minimum Gasteiger partial charge on any atom is -0.261 e. The molecule has 0 radical (unpaired) electrons. The standard InChI is InChI=1S/C19H14F3N/c1-13-18(15-8-5-9-16(12-15)19(20,21)22)17(10-11-23-13)14-6-3-2-4-7-14/h2-12H,1H3. The van der Waals surface area contributed by atoms with Gasteiger partial charge in [0.2, 0.25) is 0 Å². The highest BCUT2D eigenvalue weighted by Crippen LogP contribution is 2.37. The first-order valence-electron chi connectivity index (χ1n) is 7.15. The molecule has 1 heterocycles. The van der Waals surface area contributed by atoms with Gasteiger partial charge in [0, 0.05) is 17.5 Å². The molecule has 0 aliphatic carbocycles. The molecule has 116 valence electrons. The number of aryl methyl sites for hydroxylation is 1. The Hall–Kier alpha value is -2.62. The van der Waals surface area contributed by atoms with Gasteiger partial charge in [-0.3, -0.25) is 4.98 Å². The Morgan fingerprint density at radius 3 is 2.22 bits per heavy atom. The van der Waals surface area contributed by atoms with Gasteiger partial charge in [-0.2, -0.15) is 13.2 Å². The molecule has 4 heteroatoms. The van der Waals surface area contributed by atoms with Crippen molar-refractivity contribution in [2.45, 2.75) is 13.1 Å². The molecule has 0 amide bonds. The second-order valence-electron chi connectivity index (χ2n) is 5.26. The lowest BCUT2D eigenvalue weighted by Crippen LogP contribution is -2.05. The van der Waals surface area contributed by atoms with Crippen LogP contribution in [0.1, 0.15) is 11.3 Å². The number of benzene rings is 2. The zero-order valence-electron chi connectivity index (χ0n) is 12.4. The van der Waals surface area contributed by atoms with E-state index in [1.165, 1.54) is 12.1 Å². The predicted molar refractivity (Wildman–Crippen MR) is 84.8 cm³/mol. The van der Waals surface area contributed by atoms with Gasteiger partial charge in [-0.1, -0.05) is 42.5 Å². The molecule has 1 nitrogen and oxygen atoms in total. The van der Waals surface area contributed by atoms with Crippen molar-refractivity contribution in [3.05, 3.63) is 78.1 Å². The van der Waals surface area contributed by atoms with Gasteiger partial charge < -0.3 is 0 Å². The van der Waals surface area contributed by atoms with E-state index >= 15 is 0 Å². The van der Waals surface area contributed by atoms with Crippen LogP contribution >= 0.6 is 0 Å². The van der Waals surface area contributed by atoms with Crippen molar-refractivity contribution < 1.29 is 13.2 Å². The Morgan fingerprint density at radius 1 is 0.826 bits per heavy atom. The molecule has 0 N–H and O–H groups in total. The van der Waals surface area contributed by atoms with E-state index in [0.717, 1.165) is 22.8 Å². The number of halogens is 3. The summed E-state index contributed by atoms with van der Waals surface area (Å²) in [5.74, 6) is 0. The van der Waals surface area contributed by atoms with Gasteiger partial charge in [-0.05, 0) is 41.8 Å². The van der Waals surface area contributed by atoms with Crippen LogP contribution in [0.4, 0.5) is 13.2 Å². The van der Waals surface area contributed by atoms with Gasteiger partial charge in [-0.15, -0.1) is 0 Å². The van der Waals surface area contributed by atoms with Crippen LogP contribution < -0.4 is 0 Å². The Kier molecular flexibility index (Phi) is 3.90. The maximum absolute atomic E-state index is 13.0. The first kappa shape index (κ1) is 15.3. The number of pyridine rings is 1. The van der Waals surface area contributed by atoms with Crippen LogP contribution in [-0.2, 0) is 6.18 Å². The summed E-state index contributed by atoms with van der Waals surface area (Å²) in [7, 11) is 0. The summed E-state index contributed by atoms with van der Waals surface area (Å²) < 4.78 is 39.0. The van der Waals surface area contributed by atoms with Crippen molar-refractivity contribution in [3.63, 3.8) is 0 Å². The van der Waals surface area contributed by atoms with Gasteiger partial charge in [0.25, 0.3) is 0 Å².